The van der Waals surface area contributed by atoms with Crippen LogP contribution in [0, 0.1) is 0 Å². The van der Waals surface area contributed by atoms with Gasteiger partial charge in [0.05, 0.1) is 19.3 Å². The van der Waals surface area contributed by atoms with Crippen molar-refractivity contribution in [2.45, 2.75) is 45.3 Å². The molecule has 0 aromatic carbocycles. The molecule has 1 aliphatic rings. The van der Waals surface area contributed by atoms with Crippen molar-refractivity contribution in [3.63, 3.8) is 0 Å². The fourth-order valence-corrected chi connectivity index (χ4v) is 2.16. The van der Waals surface area contributed by atoms with Crippen molar-refractivity contribution in [1.82, 2.24) is 4.98 Å². The highest BCUT2D eigenvalue weighted by atomic mass is 16.5. The minimum Gasteiger partial charge on any atom is -0.376 e. The second-order valence-corrected chi connectivity index (χ2v) is 4.98. The third kappa shape index (κ3) is 5.17. The molecule has 2 heterocycles. The summed E-state index contributed by atoms with van der Waals surface area (Å²) in [5.41, 5.74) is 1.16. The standard InChI is InChI=1S/C15H24N2O2/c1-2-7-16-15-10-13(6-8-17-15)11-18-12-14-5-3-4-9-19-14/h6,8,10,14H,2-5,7,9,11-12H2,1H3,(H,16,17). The van der Waals surface area contributed by atoms with Gasteiger partial charge in [0.15, 0.2) is 0 Å². The minimum absolute atomic E-state index is 0.285. The van der Waals surface area contributed by atoms with Gasteiger partial charge < -0.3 is 14.8 Å². The first kappa shape index (κ1) is 14.3. The van der Waals surface area contributed by atoms with Gasteiger partial charge in [0.2, 0.25) is 0 Å². The summed E-state index contributed by atoms with van der Waals surface area (Å²) in [6, 6.07) is 4.05. The van der Waals surface area contributed by atoms with Gasteiger partial charge in [-0.25, -0.2) is 4.98 Å². The first-order valence-corrected chi connectivity index (χ1v) is 7.26. The van der Waals surface area contributed by atoms with E-state index < -0.39 is 0 Å². The molecule has 0 amide bonds. The molecule has 2 rings (SSSR count). The van der Waals surface area contributed by atoms with E-state index in [1.165, 1.54) is 12.8 Å². The lowest BCUT2D eigenvalue weighted by molar-refractivity contribution is -0.0447. The summed E-state index contributed by atoms with van der Waals surface area (Å²) in [7, 11) is 0. The quantitative estimate of drug-likeness (QED) is 0.822. The Bertz CT molecular complexity index is 365. The van der Waals surface area contributed by atoms with E-state index in [1.54, 1.807) is 0 Å². The summed E-state index contributed by atoms with van der Waals surface area (Å²) in [4.78, 5) is 4.28. The van der Waals surface area contributed by atoms with E-state index in [4.69, 9.17) is 9.47 Å². The molecular weight excluding hydrogens is 240 g/mol. The third-order valence-electron chi connectivity index (χ3n) is 3.23. The molecule has 1 aliphatic heterocycles. The van der Waals surface area contributed by atoms with E-state index >= 15 is 0 Å². The molecule has 1 saturated heterocycles. The number of nitrogens with zero attached hydrogens (tertiary/aromatic N) is 1. The summed E-state index contributed by atoms with van der Waals surface area (Å²) >= 11 is 0. The Labute approximate surface area is 115 Å². The number of aromatic nitrogens is 1. The Hall–Kier alpha value is -1.13. The number of rotatable bonds is 7. The van der Waals surface area contributed by atoms with Crippen LogP contribution in [0.5, 0.6) is 0 Å². The lowest BCUT2D eigenvalue weighted by Crippen LogP contribution is -2.24. The maximum Gasteiger partial charge on any atom is 0.126 e. The summed E-state index contributed by atoms with van der Waals surface area (Å²) in [6.45, 7) is 5.30. The number of anilines is 1. The zero-order chi connectivity index (χ0) is 13.3. The SMILES string of the molecule is CCCNc1cc(COCC2CCCCO2)ccn1. The van der Waals surface area contributed by atoms with Crippen LogP contribution in [0.3, 0.4) is 0 Å². The van der Waals surface area contributed by atoms with Gasteiger partial charge in [-0.3, -0.25) is 0 Å². The average Bonchev–Trinajstić information content (AvgIpc) is 2.47. The Morgan fingerprint density at radius 3 is 3.21 bits per heavy atom. The van der Waals surface area contributed by atoms with E-state index in [2.05, 4.69) is 23.3 Å². The molecule has 0 saturated carbocycles. The van der Waals surface area contributed by atoms with Gasteiger partial charge in [0.1, 0.15) is 5.82 Å². The number of nitrogens with one attached hydrogen (secondary N) is 1. The number of pyridine rings is 1. The topological polar surface area (TPSA) is 43.4 Å². The van der Waals surface area contributed by atoms with Crippen LogP contribution in [0.15, 0.2) is 18.3 Å². The Morgan fingerprint density at radius 1 is 1.47 bits per heavy atom. The molecule has 1 fully saturated rings. The molecular formula is C15H24N2O2. The van der Waals surface area contributed by atoms with Gasteiger partial charge in [-0.2, -0.15) is 0 Å². The molecule has 106 valence electrons. The van der Waals surface area contributed by atoms with Crippen molar-refractivity contribution in [3.8, 4) is 0 Å². The highest BCUT2D eigenvalue weighted by molar-refractivity contribution is 5.37. The monoisotopic (exact) mass is 264 g/mol. The third-order valence-corrected chi connectivity index (χ3v) is 3.23. The molecule has 1 atom stereocenters. The Morgan fingerprint density at radius 2 is 2.42 bits per heavy atom. The van der Waals surface area contributed by atoms with Crippen molar-refractivity contribution in [1.29, 1.82) is 0 Å². The van der Waals surface area contributed by atoms with Gasteiger partial charge >= 0.3 is 0 Å². The maximum absolute atomic E-state index is 5.74. The molecule has 19 heavy (non-hydrogen) atoms. The molecule has 1 unspecified atom stereocenters. The van der Waals surface area contributed by atoms with Gasteiger partial charge in [0, 0.05) is 19.3 Å². The molecule has 1 aromatic rings. The van der Waals surface area contributed by atoms with Crippen molar-refractivity contribution in [3.05, 3.63) is 23.9 Å². The lowest BCUT2D eigenvalue weighted by atomic mass is 10.1. The molecule has 0 aliphatic carbocycles. The van der Waals surface area contributed by atoms with Gasteiger partial charge in [0.25, 0.3) is 0 Å². The first-order chi connectivity index (χ1) is 9.38. The second kappa shape index (κ2) is 8.12. The molecule has 1 N–H and O–H groups in total. The number of hydrogen-bond donors (Lipinski definition) is 1. The van der Waals surface area contributed by atoms with Crippen molar-refractivity contribution in [2.75, 3.05) is 25.1 Å². The molecule has 4 nitrogen and oxygen atoms in total. The zero-order valence-electron chi connectivity index (χ0n) is 11.7. The molecule has 4 heteroatoms. The number of ether oxygens (including phenoxy) is 2. The van der Waals surface area contributed by atoms with Gasteiger partial charge in [-0.1, -0.05) is 6.92 Å². The predicted octanol–water partition coefficient (Wildman–Crippen LogP) is 2.99. The van der Waals surface area contributed by atoms with Crippen LogP contribution < -0.4 is 5.32 Å². The smallest absolute Gasteiger partial charge is 0.126 e. The Balaban J connectivity index is 1.72. The van der Waals surface area contributed by atoms with Crippen molar-refractivity contribution in [2.24, 2.45) is 0 Å². The molecule has 0 radical (unpaired) electrons. The van der Waals surface area contributed by atoms with E-state index in [9.17, 15) is 0 Å². The maximum atomic E-state index is 5.74. The largest absolute Gasteiger partial charge is 0.376 e. The minimum atomic E-state index is 0.285. The van der Waals surface area contributed by atoms with E-state index in [0.29, 0.717) is 13.2 Å². The normalized spacial score (nSPS) is 19.3. The number of hydrogen-bond acceptors (Lipinski definition) is 4. The summed E-state index contributed by atoms with van der Waals surface area (Å²) in [5.74, 6) is 0.928. The van der Waals surface area contributed by atoms with Crippen LogP contribution >= 0.6 is 0 Å². The fourth-order valence-electron chi connectivity index (χ4n) is 2.16. The lowest BCUT2D eigenvalue weighted by Gasteiger charge is -2.22. The molecule has 1 aromatic heterocycles. The van der Waals surface area contributed by atoms with Crippen LogP contribution in [-0.4, -0.2) is 30.8 Å². The highest BCUT2D eigenvalue weighted by Gasteiger charge is 2.13. The summed E-state index contributed by atoms with van der Waals surface area (Å²) < 4.78 is 11.4. The summed E-state index contributed by atoms with van der Waals surface area (Å²) in [5, 5.41) is 3.28. The Kier molecular flexibility index (Phi) is 6.11. The predicted molar refractivity (Wildman–Crippen MR) is 76.3 cm³/mol. The van der Waals surface area contributed by atoms with E-state index in [-0.39, 0.29) is 6.10 Å². The molecule has 0 spiro atoms. The van der Waals surface area contributed by atoms with Crippen LogP contribution in [0.25, 0.3) is 0 Å². The first-order valence-electron chi connectivity index (χ1n) is 7.26. The van der Waals surface area contributed by atoms with Crippen LogP contribution in [0.4, 0.5) is 5.82 Å². The highest BCUT2D eigenvalue weighted by Crippen LogP contribution is 2.14. The van der Waals surface area contributed by atoms with E-state index in [0.717, 1.165) is 37.4 Å². The van der Waals surface area contributed by atoms with Gasteiger partial charge in [-0.05, 0) is 43.4 Å². The van der Waals surface area contributed by atoms with E-state index in [1.807, 2.05) is 12.3 Å². The zero-order valence-corrected chi connectivity index (χ0v) is 11.7. The van der Waals surface area contributed by atoms with Gasteiger partial charge in [-0.15, -0.1) is 0 Å². The van der Waals surface area contributed by atoms with Crippen LogP contribution in [-0.2, 0) is 16.1 Å². The average molecular weight is 264 g/mol. The van der Waals surface area contributed by atoms with Crippen LogP contribution in [0.2, 0.25) is 0 Å². The van der Waals surface area contributed by atoms with Crippen molar-refractivity contribution < 1.29 is 9.47 Å². The second-order valence-electron chi connectivity index (χ2n) is 4.98. The summed E-state index contributed by atoms with van der Waals surface area (Å²) in [6.07, 6.45) is 6.78. The van der Waals surface area contributed by atoms with Crippen LogP contribution in [0.1, 0.15) is 38.2 Å². The molecule has 0 bridgehead atoms. The fraction of sp³-hybridized carbons (Fsp3) is 0.667. The van der Waals surface area contributed by atoms with Crippen molar-refractivity contribution >= 4 is 5.82 Å².